The first-order chi connectivity index (χ1) is 40.5. The van der Waals surface area contributed by atoms with Gasteiger partial charge in [0, 0.05) is 19.3 Å². The van der Waals surface area contributed by atoms with Crippen molar-refractivity contribution in [3.05, 3.63) is 48.6 Å². The van der Waals surface area contributed by atoms with E-state index in [9.17, 15) is 14.4 Å². The van der Waals surface area contributed by atoms with Crippen LogP contribution in [-0.4, -0.2) is 37.2 Å². The fraction of sp³-hybridized carbons (Fsp3) is 0.855. The lowest BCUT2D eigenvalue weighted by Crippen LogP contribution is -2.30. The predicted molar refractivity (Wildman–Crippen MR) is 358 cm³/mol. The maximum Gasteiger partial charge on any atom is 0.306 e. The van der Waals surface area contributed by atoms with Crippen LogP contribution < -0.4 is 0 Å². The highest BCUT2D eigenvalue weighted by atomic mass is 16.6. The Morgan fingerprint density at radius 3 is 0.720 bits per heavy atom. The van der Waals surface area contributed by atoms with E-state index in [1.165, 1.54) is 283 Å². The van der Waals surface area contributed by atoms with Crippen molar-refractivity contribution in [3.8, 4) is 0 Å². The topological polar surface area (TPSA) is 78.9 Å². The normalized spacial score (nSPS) is 12.3. The molecule has 480 valence electrons. The Labute approximate surface area is 511 Å². The first-order valence-electron chi connectivity index (χ1n) is 36.6. The zero-order valence-electron chi connectivity index (χ0n) is 55.3. The molecule has 0 saturated heterocycles. The van der Waals surface area contributed by atoms with Gasteiger partial charge in [0.1, 0.15) is 13.2 Å². The molecule has 0 amide bonds. The monoisotopic (exact) mass is 1150 g/mol. The van der Waals surface area contributed by atoms with Gasteiger partial charge in [0.05, 0.1) is 0 Å². The van der Waals surface area contributed by atoms with E-state index in [1.54, 1.807) is 0 Å². The second kappa shape index (κ2) is 70.9. The quantitative estimate of drug-likeness (QED) is 0.0261. The zero-order valence-corrected chi connectivity index (χ0v) is 55.3. The Kier molecular flexibility index (Phi) is 68.6. The van der Waals surface area contributed by atoms with Crippen LogP contribution in [0.15, 0.2) is 48.6 Å². The average molecular weight is 1150 g/mol. The molecule has 0 aliphatic heterocycles. The van der Waals surface area contributed by atoms with Crippen LogP contribution in [0.4, 0.5) is 0 Å². The third-order valence-electron chi connectivity index (χ3n) is 16.6. The van der Waals surface area contributed by atoms with Gasteiger partial charge in [0.15, 0.2) is 6.10 Å². The SMILES string of the molecule is CCCCC/C=C\C/C=C\C/C=C\CCCCCCCCC(=O)OC(COC(=O)CCCCCCCCCCCCCCCCCC)COC(=O)CCCCCCCCCCCCCCCCCCC/C=C\CCCCCCCCCC. The van der Waals surface area contributed by atoms with Crippen LogP contribution in [0, 0.1) is 0 Å². The van der Waals surface area contributed by atoms with Crippen molar-refractivity contribution in [2.24, 2.45) is 0 Å². The molecule has 6 heteroatoms. The molecule has 0 aromatic heterocycles. The summed E-state index contributed by atoms with van der Waals surface area (Å²) in [6.45, 7) is 6.68. The minimum atomic E-state index is -0.779. The number of carbonyl (C=O) groups excluding carboxylic acids is 3. The second-order valence-corrected chi connectivity index (χ2v) is 24.9. The van der Waals surface area contributed by atoms with Crippen LogP contribution in [0.2, 0.25) is 0 Å². The lowest BCUT2D eigenvalue weighted by atomic mass is 10.0. The van der Waals surface area contributed by atoms with Gasteiger partial charge in [-0.05, 0) is 83.5 Å². The van der Waals surface area contributed by atoms with Crippen LogP contribution in [-0.2, 0) is 28.6 Å². The summed E-state index contributed by atoms with van der Waals surface area (Å²) in [7, 11) is 0. The largest absolute Gasteiger partial charge is 0.462 e. The van der Waals surface area contributed by atoms with Gasteiger partial charge in [0.2, 0.25) is 0 Å². The minimum absolute atomic E-state index is 0.0734. The van der Waals surface area contributed by atoms with Gasteiger partial charge in [0.25, 0.3) is 0 Å². The Hall–Kier alpha value is -2.63. The van der Waals surface area contributed by atoms with Crippen LogP contribution in [0.1, 0.15) is 400 Å². The van der Waals surface area contributed by atoms with Crippen molar-refractivity contribution < 1.29 is 28.6 Å². The van der Waals surface area contributed by atoms with Crippen LogP contribution in [0.5, 0.6) is 0 Å². The zero-order chi connectivity index (χ0) is 59.2. The number of esters is 3. The number of unbranched alkanes of at least 4 members (excludes halogenated alkanes) is 49. The molecule has 0 aromatic rings. The first kappa shape index (κ1) is 79.4. The van der Waals surface area contributed by atoms with Gasteiger partial charge in [-0.1, -0.05) is 345 Å². The van der Waals surface area contributed by atoms with E-state index in [0.29, 0.717) is 19.3 Å². The standard InChI is InChI=1S/C76H140O6/c1-4-7-10-13-16-19-22-25-28-31-33-34-35-36-37-38-39-40-41-42-44-45-48-51-54-57-60-63-66-69-75(78)81-72-73(71-80-74(77)68-65-62-59-56-53-50-47-30-27-24-21-18-15-12-9-6-3)82-76(79)70-67-64-61-58-55-52-49-46-43-32-29-26-23-20-17-14-11-8-5-2/h17,20,26,29,31,33,43,46,73H,4-16,18-19,21-25,27-28,30,32,34-42,44-45,47-72H2,1-3H3/b20-17-,29-26-,33-31-,46-43-. The molecular weight excluding hydrogens is 1010 g/mol. The maximum absolute atomic E-state index is 13.0. The van der Waals surface area contributed by atoms with Crippen molar-refractivity contribution in [1.29, 1.82) is 0 Å². The highest BCUT2D eigenvalue weighted by molar-refractivity contribution is 5.71. The van der Waals surface area contributed by atoms with Crippen LogP contribution >= 0.6 is 0 Å². The molecule has 82 heavy (non-hydrogen) atoms. The Morgan fingerprint density at radius 1 is 0.244 bits per heavy atom. The van der Waals surface area contributed by atoms with E-state index < -0.39 is 6.10 Å². The first-order valence-corrected chi connectivity index (χ1v) is 36.6. The van der Waals surface area contributed by atoms with Crippen molar-refractivity contribution in [2.45, 2.75) is 406 Å². The average Bonchev–Trinajstić information content (AvgIpc) is 3.47. The summed E-state index contributed by atoms with van der Waals surface area (Å²) in [5, 5.41) is 0. The summed E-state index contributed by atoms with van der Waals surface area (Å²) in [6.07, 6.45) is 90.0. The number of allylic oxidation sites excluding steroid dienone is 8. The van der Waals surface area contributed by atoms with Gasteiger partial charge in [-0.15, -0.1) is 0 Å². The number of rotatable bonds is 68. The van der Waals surface area contributed by atoms with Gasteiger partial charge in [-0.2, -0.15) is 0 Å². The number of hydrogen-bond acceptors (Lipinski definition) is 6. The lowest BCUT2D eigenvalue weighted by molar-refractivity contribution is -0.167. The molecule has 0 N–H and O–H groups in total. The molecule has 0 radical (unpaired) electrons. The predicted octanol–water partition coefficient (Wildman–Crippen LogP) is 25.3. The molecule has 0 heterocycles. The van der Waals surface area contributed by atoms with Crippen molar-refractivity contribution in [2.75, 3.05) is 13.2 Å². The summed E-state index contributed by atoms with van der Waals surface area (Å²) in [5.74, 6) is -0.857. The van der Waals surface area contributed by atoms with Crippen molar-refractivity contribution in [3.63, 3.8) is 0 Å². The van der Waals surface area contributed by atoms with E-state index in [-0.39, 0.29) is 31.1 Å². The molecule has 1 unspecified atom stereocenters. The molecular formula is C76H140O6. The highest BCUT2D eigenvalue weighted by Crippen LogP contribution is 2.18. The molecule has 6 nitrogen and oxygen atoms in total. The number of hydrogen-bond donors (Lipinski definition) is 0. The van der Waals surface area contributed by atoms with E-state index in [0.717, 1.165) is 77.0 Å². The van der Waals surface area contributed by atoms with Gasteiger partial charge in [-0.3, -0.25) is 14.4 Å². The van der Waals surface area contributed by atoms with E-state index in [2.05, 4.69) is 69.4 Å². The van der Waals surface area contributed by atoms with Gasteiger partial charge < -0.3 is 14.2 Å². The van der Waals surface area contributed by atoms with Crippen molar-refractivity contribution >= 4 is 17.9 Å². The molecule has 0 aliphatic carbocycles. The smallest absolute Gasteiger partial charge is 0.306 e. The summed E-state index contributed by atoms with van der Waals surface area (Å²) >= 11 is 0. The molecule has 0 rings (SSSR count). The summed E-state index contributed by atoms with van der Waals surface area (Å²) in [5.41, 5.74) is 0. The molecule has 0 bridgehead atoms. The third-order valence-corrected chi connectivity index (χ3v) is 16.6. The molecule has 0 fully saturated rings. The van der Waals surface area contributed by atoms with Crippen LogP contribution in [0.3, 0.4) is 0 Å². The maximum atomic E-state index is 13.0. The second-order valence-electron chi connectivity index (χ2n) is 24.9. The molecule has 0 spiro atoms. The minimum Gasteiger partial charge on any atom is -0.462 e. The van der Waals surface area contributed by atoms with E-state index in [4.69, 9.17) is 14.2 Å². The fourth-order valence-electron chi connectivity index (χ4n) is 11.0. The Bertz CT molecular complexity index is 1410. The summed E-state index contributed by atoms with van der Waals surface area (Å²) in [4.78, 5) is 38.5. The number of ether oxygens (including phenoxy) is 3. The summed E-state index contributed by atoms with van der Waals surface area (Å²) < 4.78 is 17.0. The summed E-state index contributed by atoms with van der Waals surface area (Å²) in [6, 6.07) is 0. The van der Waals surface area contributed by atoms with Gasteiger partial charge >= 0.3 is 17.9 Å². The lowest BCUT2D eigenvalue weighted by Gasteiger charge is -2.18. The Morgan fingerprint density at radius 2 is 0.439 bits per heavy atom. The molecule has 0 aromatic carbocycles. The Balaban J connectivity index is 4.24. The molecule has 0 saturated carbocycles. The van der Waals surface area contributed by atoms with E-state index >= 15 is 0 Å². The van der Waals surface area contributed by atoms with Crippen LogP contribution in [0.25, 0.3) is 0 Å². The highest BCUT2D eigenvalue weighted by Gasteiger charge is 2.19. The fourth-order valence-corrected chi connectivity index (χ4v) is 11.0. The van der Waals surface area contributed by atoms with Gasteiger partial charge in [-0.25, -0.2) is 0 Å². The number of carbonyl (C=O) groups is 3. The third kappa shape index (κ3) is 68.2. The molecule has 1 atom stereocenters. The van der Waals surface area contributed by atoms with Crippen molar-refractivity contribution in [1.82, 2.24) is 0 Å². The van der Waals surface area contributed by atoms with E-state index in [1.807, 2.05) is 0 Å². The molecule has 0 aliphatic rings.